The summed E-state index contributed by atoms with van der Waals surface area (Å²) in [6.45, 7) is 1.23. The first-order chi connectivity index (χ1) is 15.3. The summed E-state index contributed by atoms with van der Waals surface area (Å²) in [5, 5.41) is 0.287. The molecule has 3 aromatic heterocycles. The molecule has 1 saturated heterocycles. The summed E-state index contributed by atoms with van der Waals surface area (Å²) in [4.78, 5) is 41.4. The van der Waals surface area contributed by atoms with Crippen LogP contribution in [0.5, 0.6) is 0 Å². The summed E-state index contributed by atoms with van der Waals surface area (Å²) in [7, 11) is 3.53. The number of aromatic nitrogens is 4. The number of nitrogens with zero attached hydrogens (tertiary/aromatic N) is 6. The molecule has 10 heteroatoms. The molecule has 32 heavy (non-hydrogen) atoms. The van der Waals surface area contributed by atoms with Gasteiger partial charge in [-0.05, 0) is 18.2 Å². The highest BCUT2D eigenvalue weighted by atomic mass is 35.5. The lowest BCUT2D eigenvalue weighted by Crippen LogP contribution is -2.38. The molecule has 0 spiro atoms. The smallest absolute Gasteiger partial charge is 0.255 e. The summed E-state index contributed by atoms with van der Waals surface area (Å²) < 4.78 is 15.7. The number of hydrogen-bond donors (Lipinski definition) is 0. The van der Waals surface area contributed by atoms with Gasteiger partial charge in [0.05, 0.1) is 11.9 Å². The van der Waals surface area contributed by atoms with Crippen molar-refractivity contribution in [3.05, 3.63) is 69.7 Å². The molecule has 1 amide bonds. The van der Waals surface area contributed by atoms with Crippen LogP contribution in [0.4, 0.5) is 10.3 Å². The van der Waals surface area contributed by atoms with Gasteiger partial charge in [0.25, 0.3) is 11.5 Å². The zero-order valence-electron chi connectivity index (χ0n) is 17.4. The monoisotopic (exact) mass is 454 g/mol. The minimum absolute atomic E-state index is 0.0661. The van der Waals surface area contributed by atoms with Crippen molar-refractivity contribution in [2.45, 2.75) is 6.04 Å². The Hall–Kier alpha value is -3.33. The highest BCUT2D eigenvalue weighted by Gasteiger charge is 2.59. The largest absolute Gasteiger partial charge is 0.342 e. The second-order valence-corrected chi connectivity index (χ2v) is 8.59. The highest BCUT2D eigenvalue weighted by molar-refractivity contribution is 6.29. The number of halogens is 2. The molecule has 164 valence electrons. The predicted molar refractivity (Wildman–Crippen MR) is 117 cm³/mol. The summed E-state index contributed by atoms with van der Waals surface area (Å²) >= 11 is 5.91. The molecule has 0 N–H and O–H groups in total. The number of carbonyl (C=O) groups is 1. The maximum Gasteiger partial charge on any atom is 0.255 e. The fourth-order valence-electron chi connectivity index (χ4n) is 4.65. The van der Waals surface area contributed by atoms with Crippen LogP contribution < -0.4 is 10.5 Å². The first kappa shape index (κ1) is 20.6. The Morgan fingerprint density at radius 2 is 1.97 bits per heavy atom. The van der Waals surface area contributed by atoms with Crippen LogP contribution in [-0.4, -0.2) is 56.5 Å². The third kappa shape index (κ3) is 3.42. The van der Waals surface area contributed by atoms with E-state index >= 15 is 0 Å². The maximum absolute atomic E-state index is 14.2. The van der Waals surface area contributed by atoms with E-state index in [9.17, 15) is 14.0 Å². The third-order valence-corrected chi connectivity index (χ3v) is 6.54. The summed E-state index contributed by atoms with van der Waals surface area (Å²) in [5.74, 6) is 0.417. The van der Waals surface area contributed by atoms with Crippen molar-refractivity contribution < 1.29 is 9.18 Å². The lowest BCUT2D eigenvalue weighted by molar-refractivity contribution is 0.0772. The van der Waals surface area contributed by atoms with Gasteiger partial charge in [0, 0.05) is 74.6 Å². The molecule has 1 aliphatic carbocycles. The molecule has 1 saturated carbocycles. The maximum atomic E-state index is 14.2. The molecule has 8 nitrogen and oxygen atoms in total. The van der Waals surface area contributed by atoms with E-state index in [0.29, 0.717) is 24.6 Å². The van der Waals surface area contributed by atoms with Gasteiger partial charge in [-0.1, -0.05) is 11.6 Å². The first-order valence-electron chi connectivity index (χ1n) is 10.2. The number of fused-ring (bicyclic) bond motifs is 1. The second-order valence-electron chi connectivity index (χ2n) is 8.20. The molecule has 5 rings (SSSR count). The Bertz CT molecular complexity index is 1270. The Kier molecular flexibility index (Phi) is 4.93. The van der Waals surface area contributed by atoms with Gasteiger partial charge in [-0.25, -0.2) is 14.4 Å². The Morgan fingerprint density at radius 1 is 1.22 bits per heavy atom. The van der Waals surface area contributed by atoms with Gasteiger partial charge < -0.3 is 9.80 Å². The van der Waals surface area contributed by atoms with Crippen molar-refractivity contribution in [3.8, 4) is 11.3 Å². The van der Waals surface area contributed by atoms with E-state index in [0.717, 1.165) is 6.20 Å². The summed E-state index contributed by atoms with van der Waals surface area (Å²) in [6.07, 6.45) is 4.09. The topological polar surface area (TPSA) is 84.2 Å². The number of likely N-dealkylation sites (tertiary alicyclic amines) is 1. The first-order valence-corrected chi connectivity index (χ1v) is 10.5. The van der Waals surface area contributed by atoms with Crippen LogP contribution in [0.15, 0.2) is 47.7 Å². The van der Waals surface area contributed by atoms with Crippen molar-refractivity contribution in [2.24, 2.45) is 18.9 Å². The SMILES string of the molecule is CN(c1nc(-c2ccncc2F)cc(=O)n1C)[C@@H]1[C@@H]2CN(C(=O)c3ccnc(Cl)c3)C[C@@H]21. The average Bonchev–Trinajstić information content (AvgIpc) is 3.28. The molecule has 0 bridgehead atoms. The van der Waals surface area contributed by atoms with Crippen LogP contribution in [0.25, 0.3) is 11.3 Å². The molecule has 0 aromatic carbocycles. The Balaban J connectivity index is 1.35. The fraction of sp³-hybridized carbons (Fsp3) is 0.318. The lowest BCUT2D eigenvalue weighted by atomic mass is 10.2. The number of amides is 1. The summed E-state index contributed by atoms with van der Waals surface area (Å²) in [6, 6.07) is 6.20. The van der Waals surface area contributed by atoms with E-state index in [1.165, 1.54) is 29.1 Å². The van der Waals surface area contributed by atoms with E-state index in [2.05, 4.69) is 15.0 Å². The van der Waals surface area contributed by atoms with Crippen LogP contribution in [0.3, 0.4) is 0 Å². The van der Waals surface area contributed by atoms with E-state index < -0.39 is 5.82 Å². The molecule has 1 aliphatic heterocycles. The third-order valence-electron chi connectivity index (χ3n) is 6.33. The van der Waals surface area contributed by atoms with Gasteiger partial charge in [-0.2, -0.15) is 0 Å². The lowest BCUT2D eigenvalue weighted by Gasteiger charge is -2.26. The molecular formula is C22H20ClFN6O2. The zero-order valence-corrected chi connectivity index (χ0v) is 18.2. The van der Waals surface area contributed by atoms with Gasteiger partial charge in [-0.3, -0.25) is 19.1 Å². The number of pyridine rings is 2. The number of rotatable bonds is 4. The number of carbonyl (C=O) groups excluding carboxylic acids is 1. The minimum Gasteiger partial charge on any atom is -0.342 e. The van der Waals surface area contributed by atoms with E-state index in [4.69, 9.17) is 11.6 Å². The van der Waals surface area contributed by atoms with Crippen molar-refractivity contribution in [3.63, 3.8) is 0 Å². The predicted octanol–water partition coefficient (Wildman–Crippen LogP) is 2.24. The summed E-state index contributed by atoms with van der Waals surface area (Å²) in [5.41, 5.74) is 0.751. The Morgan fingerprint density at radius 3 is 2.66 bits per heavy atom. The van der Waals surface area contributed by atoms with Gasteiger partial charge in [-0.15, -0.1) is 0 Å². The van der Waals surface area contributed by atoms with Gasteiger partial charge in [0.1, 0.15) is 5.15 Å². The standard InChI is InChI=1S/C22H20ClFN6O2/c1-28-19(31)8-17(13-4-5-25-9-16(13)24)27-22(28)29(2)20-14-10-30(11-15(14)20)21(32)12-3-6-26-18(23)7-12/h3-9,14-15,20H,10-11H2,1-2H3/t14-,15+,20-. The van der Waals surface area contributed by atoms with Crippen molar-refractivity contribution in [1.29, 1.82) is 0 Å². The quantitative estimate of drug-likeness (QED) is 0.562. The molecule has 4 heterocycles. The zero-order chi connectivity index (χ0) is 22.6. The van der Waals surface area contributed by atoms with E-state index in [-0.39, 0.29) is 45.8 Å². The van der Waals surface area contributed by atoms with Crippen molar-refractivity contribution in [2.75, 3.05) is 25.0 Å². The number of piperidine rings is 1. The second kappa shape index (κ2) is 7.67. The van der Waals surface area contributed by atoms with Gasteiger partial charge in [0.2, 0.25) is 5.95 Å². The van der Waals surface area contributed by atoms with Crippen LogP contribution in [0.1, 0.15) is 10.4 Å². The normalized spacial score (nSPS) is 21.4. The molecule has 2 fully saturated rings. The van der Waals surface area contributed by atoms with E-state index in [1.54, 1.807) is 19.2 Å². The molecule has 0 radical (unpaired) electrons. The fourth-order valence-corrected chi connectivity index (χ4v) is 4.82. The van der Waals surface area contributed by atoms with Crippen LogP contribution >= 0.6 is 11.6 Å². The molecule has 0 unspecified atom stereocenters. The van der Waals surface area contributed by atoms with Gasteiger partial charge >= 0.3 is 0 Å². The highest BCUT2D eigenvalue weighted by Crippen LogP contribution is 2.49. The van der Waals surface area contributed by atoms with Crippen molar-refractivity contribution >= 4 is 23.5 Å². The average molecular weight is 455 g/mol. The molecular weight excluding hydrogens is 435 g/mol. The van der Waals surface area contributed by atoms with Crippen LogP contribution in [0, 0.1) is 17.7 Å². The number of anilines is 1. The number of hydrogen-bond acceptors (Lipinski definition) is 6. The van der Waals surface area contributed by atoms with Gasteiger partial charge in [0.15, 0.2) is 5.82 Å². The molecule has 3 atom stereocenters. The molecule has 2 aliphatic rings. The van der Waals surface area contributed by atoms with Crippen LogP contribution in [-0.2, 0) is 7.05 Å². The Labute approximate surface area is 188 Å². The van der Waals surface area contributed by atoms with Crippen LogP contribution in [0.2, 0.25) is 5.15 Å². The van der Waals surface area contributed by atoms with Crippen molar-refractivity contribution in [1.82, 2.24) is 24.4 Å². The minimum atomic E-state index is -0.532. The molecule has 3 aromatic rings. The van der Waals surface area contributed by atoms with E-state index in [1.807, 2.05) is 16.8 Å².